The molecule has 0 radical (unpaired) electrons. The second kappa shape index (κ2) is 8.06. The number of pyridine rings is 1. The SMILES string of the molecule is CC(C)Oc1ccc(-c2ccc3ncc(-c4ccc(OC(C)(C)C)cc4)n3c2)cc1F. The van der Waals surface area contributed by atoms with Gasteiger partial charge in [0.05, 0.1) is 18.0 Å². The predicted octanol–water partition coefficient (Wildman–Crippen LogP) is 6.77. The number of aromatic nitrogens is 2. The maximum absolute atomic E-state index is 14.5. The van der Waals surface area contributed by atoms with E-state index in [1.54, 1.807) is 6.07 Å². The van der Waals surface area contributed by atoms with Gasteiger partial charge in [0.25, 0.3) is 0 Å². The molecule has 0 bridgehead atoms. The van der Waals surface area contributed by atoms with Crippen LogP contribution in [0.1, 0.15) is 34.6 Å². The number of rotatable bonds is 5. The summed E-state index contributed by atoms with van der Waals surface area (Å²) in [4.78, 5) is 4.51. The molecular formula is C26H27FN2O2. The van der Waals surface area contributed by atoms with Crippen molar-refractivity contribution in [2.24, 2.45) is 0 Å². The Morgan fingerprint density at radius 2 is 1.58 bits per heavy atom. The Bertz CT molecular complexity index is 1200. The maximum atomic E-state index is 14.5. The normalized spacial score (nSPS) is 11.8. The lowest BCUT2D eigenvalue weighted by molar-refractivity contribution is 0.131. The Morgan fingerprint density at radius 3 is 2.23 bits per heavy atom. The van der Waals surface area contributed by atoms with E-state index in [4.69, 9.17) is 9.47 Å². The molecule has 0 saturated heterocycles. The van der Waals surface area contributed by atoms with E-state index in [0.29, 0.717) is 0 Å². The van der Waals surface area contributed by atoms with Crippen molar-refractivity contribution in [3.63, 3.8) is 0 Å². The number of hydrogen-bond donors (Lipinski definition) is 0. The standard InChI is InChI=1S/C26H27FN2O2/c1-17(2)30-24-12-8-19(14-22(24)27)20-9-13-25-28-15-23(29(25)16-20)18-6-10-21(11-7-18)31-26(3,4)5/h6-17H,1-5H3. The third kappa shape index (κ3) is 4.71. The van der Waals surface area contributed by atoms with Crippen LogP contribution in [0.3, 0.4) is 0 Å². The highest BCUT2D eigenvalue weighted by Gasteiger charge is 2.13. The lowest BCUT2D eigenvalue weighted by Crippen LogP contribution is -2.22. The first-order valence-electron chi connectivity index (χ1n) is 10.4. The summed E-state index contributed by atoms with van der Waals surface area (Å²) in [6, 6.07) is 16.9. The molecule has 160 valence electrons. The average Bonchev–Trinajstić information content (AvgIpc) is 3.12. The molecule has 2 heterocycles. The summed E-state index contributed by atoms with van der Waals surface area (Å²) in [6.45, 7) is 9.83. The highest BCUT2D eigenvalue weighted by Crippen LogP contribution is 2.29. The summed E-state index contributed by atoms with van der Waals surface area (Å²) in [7, 11) is 0. The molecule has 0 N–H and O–H groups in total. The minimum absolute atomic E-state index is 0.0783. The van der Waals surface area contributed by atoms with Gasteiger partial charge >= 0.3 is 0 Å². The van der Waals surface area contributed by atoms with Gasteiger partial charge in [-0.1, -0.05) is 6.07 Å². The smallest absolute Gasteiger partial charge is 0.165 e. The molecule has 0 saturated carbocycles. The molecule has 0 unspecified atom stereocenters. The van der Waals surface area contributed by atoms with E-state index in [9.17, 15) is 4.39 Å². The highest BCUT2D eigenvalue weighted by atomic mass is 19.1. The molecule has 31 heavy (non-hydrogen) atoms. The van der Waals surface area contributed by atoms with Gasteiger partial charge in [0, 0.05) is 11.8 Å². The quantitative estimate of drug-likeness (QED) is 0.359. The van der Waals surface area contributed by atoms with Crippen molar-refractivity contribution in [1.29, 1.82) is 0 Å². The minimum atomic E-state index is -0.369. The Morgan fingerprint density at radius 1 is 0.903 bits per heavy atom. The van der Waals surface area contributed by atoms with Crippen LogP contribution < -0.4 is 9.47 Å². The second-order valence-electron chi connectivity index (χ2n) is 8.84. The number of fused-ring (bicyclic) bond motifs is 1. The summed E-state index contributed by atoms with van der Waals surface area (Å²) < 4.78 is 27.9. The highest BCUT2D eigenvalue weighted by molar-refractivity contribution is 5.70. The zero-order valence-electron chi connectivity index (χ0n) is 18.5. The largest absolute Gasteiger partial charge is 0.488 e. The van der Waals surface area contributed by atoms with E-state index in [1.807, 2.05) is 93.9 Å². The average molecular weight is 419 g/mol. The van der Waals surface area contributed by atoms with Gasteiger partial charge in [-0.15, -0.1) is 0 Å². The van der Waals surface area contributed by atoms with Crippen molar-refractivity contribution in [1.82, 2.24) is 9.38 Å². The van der Waals surface area contributed by atoms with E-state index in [0.717, 1.165) is 33.8 Å². The van der Waals surface area contributed by atoms with E-state index in [-0.39, 0.29) is 23.3 Å². The molecule has 0 aliphatic carbocycles. The molecule has 4 nitrogen and oxygen atoms in total. The third-order valence-electron chi connectivity index (χ3n) is 4.71. The van der Waals surface area contributed by atoms with Gasteiger partial charge in [0.15, 0.2) is 11.6 Å². The Kier molecular flexibility index (Phi) is 5.44. The third-order valence-corrected chi connectivity index (χ3v) is 4.71. The van der Waals surface area contributed by atoms with Crippen molar-refractivity contribution in [3.8, 4) is 33.9 Å². The summed E-state index contributed by atoms with van der Waals surface area (Å²) in [5.41, 5.74) is 4.25. The first kappa shape index (κ1) is 20.9. The van der Waals surface area contributed by atoms with Gasteiger partial charge in [0.1, 0.15) is 17.0 Å². The molecule has 4 aromatic rings. The van der Waals surface area contributed by atoms with Crippen LogP contribution in [0.5, 0.6) is 11.5 Å². The van der Waals surface area contributed by atoms with Crippen LogP contribution in [-0.4, -0.2) is 21.1 Å². The van der Waals surface area contributed by atoms with Crippen LogP contribution in [0.2, 0.25) is 0 Å². The molecule has 0 aliphatic rings. The van der Waals surface area contributed by atoms with Crippen molar-refractivity contribution >= 4 is 5.65 Å². The van der Waals surface area contributed by atoms with Gasteiger partial charge in [0.2, 0.25) is 0 Å². The number of ether oxygens (including phenoxy) is 2. The zero-order chi connectivity index (χ0) is 22.2. The molecule has 0 atom stereocenters. The topological polar surface area (TPSA) is 35.8 Å². The summed E-state index contributed by atoms with van der Waals surface area (Å²) in [5, 5.41) is 0. The maximum Gasteiger partial charge on any atom is 0.165 e. The van der Waals surface area contributed by atoms with Crippen LogP contribution in [0.25, 0.3) is 28.0 Å². The Labute approximate surface area is 182 Å². The number of hydrogen-bond acceptors (Lipinski definition) is 3. The molecule has 0 amide bonds. The number of nitrogens with zero attached hydrogens (tertiary/aromatic N) is 2. The van der Waals surface area contributed by atoms with E-state index in [1.165, 1.54) is 6.07 Å². The number of benzene rings is 2. The van der Waals surface area contributed by atoms with Gasteiger partial charge in [-0.05, 0) is 94.3 Å². The summed E-state index contributed by atoms with van der Waals surface area (Å²) in [5.74, 6) is 0.720. The van der Waals surface area contributed by atoms with E-state index < -0.39 is 0 Å². The fraction of sp³-hybridized carbons (Fsp3) is 0.269. The van der Waals surface area contributed by atoms with Gasteiger partial charge < -0.3 is 9.47 Å². The first-order chi connectivity index (χ1) is 14.7. The minimum Gasteiger partial charge on any atom is -0.488 e. The molecular weight excluding hydrogens is 391 g/mol. The van der Waals surface area contributed by atoms with Crippen LogP contribution in [0.15, 0.2) is 67.0 Å². The first-order valence-corrected chi connectivity index (χ1v) is 10.4. The van der Waals surface area contributed by atoms with Gasteiger partial charge in [-0.3, -0.25) is 4.40 Å². The summed E-state index contributed by atoms with van der Waals surface area (Å²) >= 11 is 0. The van der Waals surface area contributed by atoms with Crippen molar-refractivity contribution < 1.29 is 13.9 Å². The lowest BCUT2D eigenvalue weighted by Gasteiger charge is -2.21. The van der Waals surface area contributed by atoms with Crippen LogP contribution in [0, 0.1) is 5.82 Å². The molecule has 5 heteroatoms. The molecule has 0 fully saturated rings. The van der Waals surface area contributed by atoms with Crippen molar-refractivity contribution in [2.75, 3.05) is 0 Å². The molecule has 2 aromatic heterocycles. The van der Waals surface area contributed by atoms with Crippen molar-refractivity contribution in [3.05, 3.63) is 72.8 Å². The molecule has 0 spiro atoms. The zero-order valence-corrected chi connectivity index (χ0v) is 18.5. The van der Waals surface area contributed by atoms with Crippen molar-refractivity contribution in [2.45, 2.75) is 46.3 Å². The fourth-order valence-corrected chi connectivity index (χ4v) is 3.44. The molecule has 4 rings (SSSR count). The van der Waals surface area contributed by atoms with Crippen LogP contribution >= 0.6 is 0 Å². The fourth-order valence-electron chi connectivity index (χ4n) is 3.44. The van der Waals surface area contributed by atoms with E-state index >= 15 is 0 Å². The Hall–Kier alpha value is -3.34. The second-order valence-corrected chi connectivity index (χ2v) is 8.84. The van der Waals surface area contributed by atoms with Gasteiger partial charge in [-0.25, -0.2) is 9.37 Å². The number of imidazole rings is 1. The van der Waals surface area contributed by atoms with E-state index in [2.05, 4.69) is 4.98 Å². The van der Waals surface area contributed by atoms with Gasteiger partial charge in [-0.2, -0.15) is 0 Å². The molecule has 0 aliphatic heterocycles. The van der Waals surface area contributed by atoms with Crippen LogP contribution in [-0.2, 0) is 0 Å². The molecule has 2 aromatic carbocycles. The number of halogens is 1. The lowest BCUT2D eigenvalue weighted by atomic mass is 10.1. The predicted molar refractivity (Wildman–Crippen MR) is 122 cm³/mol. The van der Waals surface area contributed by atoms with Crippen LogP contribution in [0.4, 0.5) is 4.39 Å². The Balaban J connectivity index is 1.68. The summed E-state index contributed by atoms with van der Waals surface area (Å²) in [6.07, 6.45) is 3.75. The monoisotopic (exact) mass is 418 g/mol.